The number of carbonyl (C=O) groups excluding carboxylic acids is 1. The number of carboxylic acid groups (broad SMARTS) is 1. The molecule has 0 unspecified atom stereocenters. The molecule has 0 aliphatic carbocycles. The van der Waals surface area contributed by atoms with Crippen LogP contribution >= 0.6 is 0 Å². The molecule has 2 rings (SSSR count). The van der Waals surface area contributed by atoms with Gasteiger partial charge in [0.15, 0.2) is 0 Å². The van der Waals surface area contributed by atoms with Crippen LogP contribution in [-0.4, -0.2) is 28.4 Å². The number of anilines is 1. The SMILES string of the molecule is O=C(O)CC(=O)CCCCCCc1ccc2c(n1)NCCC2. The Morgan fingerprint density at radius 1 is 1.18 bits per heavy atom. The van der Waals surface area contributed by atoms with E-state index in [9.17, 15) is 9.59 Å². The Hall–Kier alpha value is -1.91. The van der Waals surface area contributed by atoms with Crippen molar-refractivity contribution in [1.29, 1.82) is 0 Å². The highest BCUT2D eigenvalue weighted by atomic mass is 16.4. The van der Waals surface area contributed by atoms with Gasteiger partial charge in [-0.15, -0.1) is 0 Å². The number of Topliss-reactive ketones (excluding diaryl/α,β-unsaturated/α-hetero) is 1. The van der Waals surface area contributed by atoms with Crippen molar-refractivity contribution in [2.45, 2.75) is 57.8 Å². The Kier molecular flexibility index (Phi) is 6.37. The van der Waals surface area contributed by atoms with Crippen LogP contribution in [0.2, 0.25) is 0 Å². The lowest BCUT2D eigenvalue weighted by Crippen LogP contribution is -2.13. The third-order valence-electron chi connectivity index (χ3n) is 3.94. The van der Waals surface area contributed by atoms with Gasteiger partial charge in [0.25, 0.3) is 0 Å². The van der Waals surface area contributed by atoms with E-state index >= 15 is 0 Å². The average Bonchev–Trinajstić information content (AvgIpc) is 2.50. The van der Waals surface area contributed by atoms with E-state index in [0.717, 1.165) is 56.6 Å². The summed E-state index contributed by atoms with van der Waals surface area (Å²) in [6.45, 7) is 1.01. The topological polar surface area (TPSA) is 79.3 Å². The second-order valence-electron chi connectivity index (χ2n) is 5.86. The Balaban J connectivity index is 1.61. The number of aryl methyl sites for hydroxylation is 2. The number of ketones is 1. The zero-order valence-corrected chi connectivity index (χ0v) is 12.9. The molecule has 1 aromatic rings. The number of rotatable bonds is 9. The Morgan fingerprint density at radius 2 is 2.00 bits per heavy atom. The Labute approximate surface area is 131 Å². The van der Waals surface area contributed by atoms with Crippen LogP contribution in [0.5, 0.6) is 0 Å². The molecule has 0 saturated carbocycles. The number of fused-ring (bicyclic) bond motifs is 1. The summed E-state index contributed by atoms with van der Waals surface area (Å²) in [5.41, 5.74) is 2.43. The molecule has 5 heteroatoms. The van der Waals surface area contributed by atoms with E-state index in [-0.39, 0.29) is 12.2 Å². The third kappa shape index (κ3) is 5.47. The molecule has 22 heavy (non-hydrogen) atoms. The van der Waals surface area contributed by atoms with Gasteiger partial charge in [0, 0.05) is 18.7 Å². The summed E-state index contributed by atoms with van der Waals surface area (Å²) in [6, 6.07) is 4.29. The van der Waals surface area contributed by atoms with E-state index in [2.05, 4.69) is 22.4 Å². The van der Waals surface area contributed by atoms with Gasteiger partial charge in [-0.05, 0) is 43.7 Å². The summed E-state index contributed by atoms with van der Waals surface area (Å²) in [4.78, 5) is 26.3. The number of aromatic nitrogens is 1. The van der Waals surface area contributed by atoms with Crippen molar-refractivity contribution < 1.29 is 14.7 Å². The van der Waals surface area contributed by atoms with Crippen LogP contribution in [0.25, 0.3) is 0 Å². The zero-order valence-electron chi connectivity index (χ0n) is 12.9. The van der Waals surface area contributed by atoms with Gasteiger partial charge in [0.05, 0.1) is 0 Å². The van der Waals surface area contributed by atoms with Crippen LogP contribution < -0.4 is 5.32 Å². The van der Waals surface area contributed by atoms with E-state index in [0.29, 0.717) is 6.42 Å². The fourth-order valence-electron chi connectivity index (χ4n) is 2.75. The number of nitrogens with zero attached hydrogens (tertiary/aromatic N) is 1. The van der Waals surface area contributed by atoms with E-state index in [1.807, 2.05) is 0 Å². The number of hydrogen-bond acceptors (Lipinski definition) is 4. The predicted molar refractivity (Wildman–Crippen MR) is 85.1 cm³/mol. The normalized spacial score (nSPS) is 13.3. The first-order chi connectivity index (χ1) is 10.6. The van der Waals surface area contributed by atoms with Gasteiger partial charge in [-0.2, -0.15) is 0 Å². The molecule has 0 spiro atoms. The first kappa shape index (κ1) is 16.5. The highest BCUT2D eigenvalue weighted by Crippen LogP contribution is 2.20. The summed E-state index contributed by atoms with van der Waals surface area (Å²) >= 11 is 0. The van der Waals surface area contributed by atoms with Crippen LogP contribution in [-0.2, 0) is 22.4 Å². The highest BCUT2D eigenvalue weighted by molar-refractivity contribution is 5.94. The van der Waals surface area contributed by atoms with Gasteiger partial charge in [-0.1, -0.05) is 18.9 Å². The molecule has 0 radical (unpaired) electrons. The zero-order chi connectivity index (χ0) is 15.8. The summed E-state index contributed by atoms with van der Waals surface area (Å²) in [5.74, 6) is -0.157. The summed E-state index contributed by atoms with van der Waals surface area (Å²) in [5, 5.41) is 11.8. The van der Waals surface area contributed by atoms with E-state index in [1.165, 1.54) is 12.0 Å². The lowest BCUT2D eigenvalue weighted by atomic mass is 10.0. The highest BCUT2D eigenvalue weighted by Gasteiger charge is 2.10. The molecule has 0 aromatic carbocycles. The summed E-state index contributed by atoms with van der Waals surface area (Å²) in [6.07, 6.45) is 7.14. The first-order valence-electron chi connectivity index (χ1n) is 8.11. The molecule has 0 amide bonds. The summed E-state index contributed by atoms with van der Waals surface area (Å²) < 4.78 is 0. The largest absolute Gasteiger partial charge is 0.481 e. The number of hydrogen-bond donors (Lipinski definition) is 2. The lowest BCUT2D eigenvalue weighted by Gasteiger charge is -2.17. The van der Waals surface area contributed by atoms with Crippen molar-refractivity contribution in [2.75, 3.05) is 11.9 Å². The molecule has 1 aromatic heterocycles. The van der Waals surface area contributed by atoms with Crippen LogP contribution in [0.15, 0.2) is 12.1 Å². The summed E-state index contributed by atoms with van der Waals surface area (Å²) in [7, 11) is 0. The molecule has 2 heterocycles. The third-order valence-corrected chi connectivity index (χ3v) is 3.94. The maximum absolute atomic E-state index is 11.2. The minimum Gasteiger partial charge on any atom is -0.481 e. The maximum atomic E-state index is 11.2. The minimum absolute atomic E-state index is 0.171. The molecular weight excluding hydrogens is 280 g/mol. The first-order valence-corrected chi connectivity index (χ1v) is 8.11. The Bertz CT molecular complexity index is 529. The Morgan fingerprint density at radius 3 is 2.82 bits per heavy atom. The van der Waals surface area contributed by atoms with Gasteiger partial charge in [-0.3, -0.25) is 9.59 Å². The van der Waals surface area contributed by atoms with Gasteiger partial charge >= 0.3 is 5.97 Å². The molecular formula is C17H24N2O3. The quantitative estimate of drug-likeness (QED) is 0.541. The average molecular weight is 304 g/mol. The fourth-order valence-corrected chi connectivity index (χ4v) is 2.75. The van der Waals surface area contributed by atoms with Gasteiger partial charge in [-0.25, -0.2) is 4.98 Å². The number of nitrogens with one attached hydrogen (secondary N) is 1. The van der Waals surface area contributed by atoms with E-state index < -0.39 is 5.97 Å². The number of aliphatic carboxylic acids is 1. The molecule has 5 nitrogen and oxygen atoms in total. The second-order valence-corrected chi connectivity index (χ2v) is 5.86. The van der Waals surface area contributed by atoms with Crippen LogP contribution in [0, 0.1) is 0 Å². The number of carboxylic acids is 1. The molecule has 0 saturated heterocycles. The molecule has 0 atom stereocenters. The van der Waals surface area contributed by atoms with Gasteiger partial charge in [0.1, 0.15) is 18.0 Å². The van der Waals surface area contributed by atoms with Gasteiger partial charge in [0.2, 0.25) is 0 Å². The monoisotopic (exact) mass is 304 g/mol. The van der Waals surface area contributed by atoms with Crippen molar-refractivity contribution in [3.63, 3.8) is 0 Å². The molecule has 1 aliphatic heterocycles. The van der Waals surface area contributed by atoms with Crippen molar-refractivity contribution in [2.24, 2.45) is 0 Å². The van der Waals surface area contributed by atoms with E-state index in [1.54, 1.807) is 0 Å². The fraction of sp³-hybridized carbons (Fsp3) is 0.588. The van der Waals surface area contributed by atoms with Crippen molar-refractivity contribution in [3.05, 3.63) is 23.4 Å². The molecule has 1 aliphatic rings. The number of pyridine rings is 1. The smallest absolute Gasteiger partial charge is 0.310 e. The molecule has 2 N–H and O–H groups in total. The van der Waals surface area contributed by atoms with E-state index in [4.69, 9.17) is 5.11 Å². The number of unbranched alkanes of at least 4 members (excludes halogenated alkanes) is 3. The molecule has 0 bridgehead atoms. The second kappa shape index (κ2) is 8.51. The van der Waals surface area contributed by atoms with Crippen LogP contribution in [0.3, 0.4) is 0 Å². The van der Waals surface area contributed by atoms with Crippen molar-refractivity contribution in [1.82, 2.24) is 4.98 Å². The lowest BCUT2D eigenvalue weighted by molar-refractivity contribution is -0.140. The van der Waals surface area contributed by atoms with Gasteiger partial charge < -0.3 is 10.4 Å². The number of carbonyl (C=O) groups is 2. The molecule has 0 fully saturated rings. The van der Waals surface area contributed by atoms with Crippen LogP contribution in [0.4, 0.5) is 5.82 Å². The maximum Gasteiger partial charge on any atom is 0.310 e. The minimum atomic E-state index is -1.03. The predicted octanol–water partition coefficient (Wildman–Crippen LogP) is 2.98. The standard InChI is InChI=1S/C17H24N2O3/c20-15(12-16(21)22)8-4-2-1-3-7-14-10-9-13-6-5-11-18-17(13)19-14/h9-10H,1-8,11-12H2,(H,18,19)(H,21,22). The van der Waals surface area contributed by atoms with Crippen molar-refractivity contribution in [3.8, 4) is 0 Å². The van der Waals surface area contributed by atoms with Crippen LogP contribution in [0.1, 0.15) is 56.2 Å². The van der Waals surface area contributed by atoms with Crippen molar-refractivity contribution >= 4 is 17.6 Å². The molecule has 120 valence electrons.